The molecule has 0 heterocycles. The van der Waals surface area contributed by atoms with Gasteiger partial charge in [-0.3, -0.25) is 0 Å². The Morgan fingerprint density at radius 1 is 0.550 bits per heavy atom. The Hall–Kier alpha value is 0.274. The van der Waals surface area contributed by atoms with E-state index in [4.69, 9.17) is 17.7 Å². The van der Waals surface area contributed by atoms with Gasteiger partial charge < -0.3 is 17.7 Å². The standard InChI is InChI=1S/C14H34O4Si2/c1-15-19(5,6)13-11-9-7-8-10-12-14-20(16-2,17-3)18-4/h7-14H2,1-6H3. The molecule has 0 fully saturated rings. The second-order valence-corrected chi connectivity index (χ2v) is 13.4. The van der Waals surface area contributed by atoms with E-state index in [1.807, 2.05) is 7.11 Å². The highest BCUT2D eigenvalue weighted by Crippen LogP contribution is 2.19. The van der Waals surface area contributed by atoms with E-state index in [0.717, 1.165) is 12.5 Å². The first-order chi connectivity index (χ1) is 9.45. The third-order valence-electron chi connectivity index (χ3n) is 4.00. The van der Waals surface area contributed by atoms with E-state index in [0.29, 0.717) is 0 Å². The van der Waals surface area contributed by atoms with Gasteiger partial charge in [-0.1, -0.05) is 32.1 Å². The van der Waals surface area contributed by atoms with Crippen molar-refractivity contribution in [3.05, 3.63) is 0 Å². The topological polar surface area (TPSA) is 36.9 Å². The Balaban J connectivity index is 3.54. The number of unbranched alkanes of at least 4 members (excludes halogenated alkanes) is 5. The highest BCUT2D eigenvalue weighted by molar-refractivity contribution is 6.71. The minimum absolute atomic E-state index is 0.917. The van der Waals surface area contributed by atoms with Gasteiger partial charge in [0.2, 0.25) is 0 Å². The van der Waals surface area contributed by atoms with Crippen LogP contribution in [0.3, 0.4) is 0 Å². The van der Waals surface area contributed by atoms with E-state index in [1.165, 1.54) is 38.1 Å². The molecule has 0 aromatic carbocycles. The van der Waals surface area contributed by atoms with Crippen LogP contribution < -0.4 is 0 Å². The molecule has 0 aliphatic carbocycles. The number of hydrogen-bond donors (Lipinski definition) is 0. The Morgan fingerprint density at radius 2 is 0.950 bits per heavy atom. The first-order valence-electron chi connectivity index (χ1n) is 7.66. The monoisotopic (exact) mass is 322 g/mol. The van der Waals surface area contributed by atoms with Crippen LogP contribution in [0.2, 0.25) is 25.2 Å². The smallest absolute Gasteiger partial charge is 0.420 e. The number of hydrogen-bond acceptors (Lipinski definition) is 4. The second kappa shape index (κ2) is 10.9. The van der Waals surface area contributed by atoms with Gasteiger partial charge in [0.15, 0.2) is 8.32 Å². The van der Waals surface area contributed by atoms with Crippen molar-refractivity contribution in [1.29, 1.82) is 0 Å². The average Bonchev–Trinajstić information content (AvgIpc) is 2.46. The summed E-state index contributed by atoms with van der Waals surface area (Å²) < 4.78 is 21.8. The lowest BCUT2D eigenvalue weighted by Gasteiger charge is -2.24. The third-order valence-corrected chi connectivity index (χ3v) is 9.49. The Kier molecular flexibility index (Phi) is 11.1. The molecule has 0 aromatic rings. The van der Waals surface area contributed by atoms with Crippen LogP contribution in [-0.4, -0.2) is 45.6 Å². The highest BCUT2D eigenvalue weighted by atomic mass is 28.4. The van der Waals surface area contributed by atoms with Gasteiger partial charge in [0.25, 0.3) is 0 Å². The molecular formula is C14H34O4Si2. The molecule has 0 saturated carbocycles. The second-order valence-electron chi connectivity index (χ2n) is 5.88. The molecule has 20 heavy (non-hydrogen) atoms. The van der Waals surface area contributed by atoms with Gasteiger partial charge in [-0.2, -0.15) is 0 Å². The Bertz CT molecular complexity index is 225. The molecule has 0 aromatic heterocycles. The molecule has 0 amide bonds. The van der Waals surface area contributed by atoms with Crippen LogP contribution in [0, 0.1) is 0 Å². The van der Waals surface area contributed by atoms with Gasteiger partial charge >= 0.3 is 8.80 Å². The molecule has 0 N–H and O–H groups in total. The summed E-state index contributed by atoms with van der Waals surface area (Å²) in [5.74, 6) is 0. The van der Waals surface area contributed by atoms with Gasteiger partial charge in [0, 0.05) is 34.5 Å². The molecule has 0 radical (unpaired) electrons. The fourth-order valence-electron chi connectivity index (χ4n) is 2.26. The fourth-order valence-corrected chi connectivity index (χ4v) is 5.36. The molecule has 0 rings (SSSR count). The lowest BCUT2D eigenvalue weighted by molar-refractivity contribution is 0.122. The van der Waals surface area contributed by atoms with Gasteiger partial charge in [-0.15, -0.1) is 0 Å². The molecule has 6 heteroatoms. The zero-order valence-electron chi connectivity index (χ0n) is 14.3. The summed E-state index contributed by atoms with van der Waals surface area (Å²) in [4.78, 5) is 0. The van der Waals surface area contributed by atoms with Crippen LogP contribution in [0.5, 0.6) is 0 Å². The quantitative estimate of drug-likeness (QED) is 0.378. The van der Waals surface area contributed by atoms with Gasteiger partial charge in [-0.05, 0) is 25.6 Å². The van der Waals surface area contributed by atoms with Crippen molar-refractivity contribution >= 4 is 17.1 Å². The van der Waals surface area contributed by atoms with Gasteiger partial charge in [0.1, 0.15) is 0 Å². The fraction of sp³-hybridized carbons (Fsp3) is 1.00. The molecular weight excluding hydrogens is 288 g/mol. The van der Waals surface area contributed by atoms with Crippen molar-refractivity contribution in [1.82, 2.24) is 0 Å². The SMILES string of the molecule is CO[Si](C)(C)CCCCCCCC[Si](OC)(OC)OC. The summed E-state index contributed by atoms with van der Waals surface area (Å²) in [6.45, 7) is 4.58. The van der Waals surface area contributed by atoms with Crippen molar-refractivity contribution in [2.75, 3.05) is 28.4 Å². The summed E-state index contributed by atoms with van der Waals surface area (Å²) in [6, 6.07) is 2.19. The molecule has 0 atom stereocenters. The molecule has 122 valence electrons. The third kappa shape index (κ3) is 8.54. The van der Waals surface area contributed by atoms with Crippen molar-refractivity contribution in [2.45, 2.75) is 63.7 Å². The van der Waals surface area contributed by atoms with E-state index >= 15 is 0 Å². The summed E-state index contributed by atoms with van der Waals surface area (Å²) in [5, 5.41) is 0. The first-order valence-corrected chi connectivity index (χ1v) is 12.7. The number of rotatable bonds is 13. The average molecular weight is 323 g/mol. The predicted octanol–water partition coefficient (Wildman–Crippen LogP) is 4.06. The van der Waals surface area contributed by atoms with Crippen molar-refractivity contribution in [3.8, 4) is 0 Å². The normalized spacial score (nSPS) is 12.9. The Labute approximate surface area is 127 Å². The summed E-state index contributed by atoms with van der Waals surface area (Å²) >= 11 is 0. The van der Waals surface area contributed by atoms with Gasteiger partial charge in [0.05, 0.1) is 0 Å². The maximum absolute atomic E-state index is 5.56. The molecule has 0 spiro atoms. The minimum atomic E-state index is -2.33. The first kappa shape index (κ1) is 20.3. The van der Waals surface area contributed by atoms with Crippen LogP contribution in [0.25, 0.3) is 0 Å². The van der Waals surface area contributed by atoms with Crippen molar-refractivity contribution in [2.24, 2.45) is 0 Å². The largest absolute Gasteiger partial charge is 0.500 e. The van der Waals surface area contributed by atoms with Crippen molar-refractivity contribution in [3.63, 3.8) is 0 Å². The molecule has 0 aliphatic heterocycles. The van der Waals surface area contributed by atoms with E-state index in [-0.39, 0.29) is 0 Å². The van der Waals surface area contributed by atoms with Crippen LogP contribution in [-0.2, 0) is 17.7 Å². The van der Waals surface area contributed by atoms with Gasteiger partial charge in [-0.25, -0.2) is 0 Å². The predicted molar refractivity (Wildman–Crippen MR) is 88.6 cm³/mol. The molecule has 0 aliphatic rings. The van der Waals surface area contributed by atoms with Crippen LogP contribution >= 0.6 is 0 Å². The van der Waals surface area contributed by atoms with Crippen LogP contribution in [0.15, 0.2) is 0 Å². The lowest BCUT2D eigenvalue weighted by Crippen LogP contribution is -2.42. The highest BCUT2D eigenvalue weighted by Gasteiger charge is 2.36. The lowest BCUT2D eigenvalue weighted by atomic mass is 10.1. The zero-order valence-corrected chi connectivity index (χ0v) is 16.3. The molecule has 4 nitrogen and oxygen atoms in total. The molecule has 0 bridgehead atoms. The maximum Gasteiger partial charge on any atom is 0.500 e. The minimum Gasteiger partial charge on any atom is -0.420 e. The van der Waals surface area contributed by atoms with E-state index < -0.39 is 17.1 Å². The maximum atomic E-state index is 5.56. The zero-order chi connectivity index (χ0) is 15.5. The van der Waals surface area contributed by atoms with E-state index in [9.17, 15) is 0 Å². The van der Waals surface area contributed by atoms with Crippen LogP contribution in [0.4, 0.5) is 0 Å². The summed E-state index contributed by atoms with van der Waals surface area (Å²) in [7, 11) is 3.22. The Morgan fingerprint density at radius 3 is 1.35 bits per heavy atom. The van der Waals surface area contributed by atoms with Crippen molar-refractivity contribution < 1.29 is 17.7 Å². The van der Waals surface area contributed by atoms with E-state index in [1.54, 1.807) is 21.3 Å². The van der Waals surface area contributed by atoms with Crippen LogP contribution in [0.1, 0.15) is 38.5 Å². The summed E-state index contributed by atoms with van der Waals surface area (Å²) in [5.41, 5.74) is 0. The summed E-state index contributed by atoms with van der Waals surface area (Å²) in [6.07, 6.45) is 7.59. The molecule has 0 saturated heterocycles. The van der Waals surface area contributed by atoms with E-state index in [2.05, 4.69) is 13.1 Å². The molecule has 0 unspecified atom stereocenters.